The number of rotatable bonds is 44. The molecular formula is C46H92NO7P. The van der Waals surface area contributed by atoms with Crippen molar-refractivity contribution in [1.82, 2.24) is 0 Å². The molecule has 0 saturated heterocycles. The van der Waals surface area contributed by atoms with Gasteiger partial charge in [0.1, 0.15) is 19.3 Å². The first-order chi connectivity index (χ1) is 26.6. The second kappa shape index (κ2) is 40.0. The van der Waals surface area contributed by atoms with Crippen LogP contribution in [0.3, 0.4) is 0 Å². The van der Waals surface area contributed by atoms with Crippen LogP contribution < -0.4 is 4.89 Å². The molecule has 0 spiro atoms. The van der Waals surface area contributed by atoms with E-state index in [4.69, 9.17) is 18.5 Å². The van der Waals surface area contributed by atoms with E-state index in [2.05, 4.69) is 26.0 Å². The third-order valence-corrected chi connectivity index (χ3v) is 11.3. The van der Waals surface area contributed by atoms with Crippen LogP contribution in [0.4, 0.5) is 0 Å². The number of esters is 1. The molecule has 0 bridgehead atoms. The van der Waals surface area contributed by atoms with E-state index in [0.717, 1.165) is 32.1 Å². The van der Waals surface area contributed by atoms with Gasteiger partial charge in [-0.3, -0.25) is 9.36 Å². The van der Waals surface area contributed by atoms with Gasteiger partial charge in [0, 0.05) is 13.0 Å². The Labute approximate surface area is 341 Å². The summed E-state index contributed by atoms with van der Waals surface area (Å²) < 4.78 is 34.6. The van der Waals surface area contributed by atoms with Gasteiger partial charge in [-0.25, -0.2) is 0 Å². The summed E-state index contributed by atoms with van der Waals surface area (Å²) in [4.78, 5) is 25.1. The molecule has 0 aromatic heterocycles. The van der Waals surface area contributed by atoms with Crippen LogP contribution in [0.15, 0.2) is 12.2 Å². The van der Waals surface area contributed by atoms with Crippen molar-refractivity contribution in [2.75, 3.05) is 54.1 Å². The molecule has 0 aromatic carbocycles. The Balaban J connectivity index is 4.18. The lowest BCUT2D eigenvalue weighted by Gasteiger charge is -2.28. The van der Waals surface area contributed by atoms with Gasteiger partial charge in [-0.05, 0) is 38.5 Å². The fraction of sp³-hybridized carbons (Fsp3) is 0.935. The number of carbonyl (C=O) groups excluding carboxylic acids is 1. The van der Waals surface area contributed by atoms with Crippen LogP contribution in [-0.4, -0.2) is 70.7 Å². The first kappa shape index (κ1) is 54.2. The van der Waals surface area contributed by atoms with Gasteiger partial charge >= 0.3 is 5.97 Å². The Morgan fingerprint density at radius 2 is 0.945 bits per heavy atom. The minimum Gasteiger partial charge on any atom is -0.756 e. The molecule has 8 nitrogen and oxygen atoms in total. The van der Waals surface area contributed by atoms with E-state index < -0.39 is 13.9 Å². The molecule has 0 heterocycles. The number of hydrogen-bond donors (Lipinski definition) is 0. The Bertz CT molecular complexity index is 894. The molecule has 0 amide bonds. The average Bonchev–Trinajstić information content (AvgIpc) is 3.13. The van der Waals surface area contributed by atoms with Crippen LogP contribution in [0.2, 0.25) is 0 Å². The minimum atomic E-state index is -4.52. The van der Waals surface area contributed by atoms with Gasteiger partial charge in [-0.15, -0.1) is 0 Å². The van der Waals surface area contributed by atoms with Crippen molar-refractivity contribution in [1.29, 1.82) is 0 Å². The molecule has 9 heteroatoms. The van der Waals surface area contributed by atoms with Crippen LogP contribution in [0.5, 0.6) is 0 Å². The quantitative estimate of drug-likeness (QED) is 0.0199. The lowest BCUT2D eigenvalue weighted by Crippen LogP contribution is -2.37. The van der Waals surface area contributed by atoms with Gasteiger partial charge in [0.05, 0.1) is 34.4 Å². The van der Waals surface area contributed by atoms with E-state index in [1.54, 1.807) is 0 Å². The molecule has 2 atom stereocenters. The molecule has 0 aliphatic heterocycles. The molecule has 0 aromatic rings. The van der Waals surface area contributed by atoms with Crippen molar-refractivity contribution in [2.45, 2.75) is 225 Å². The zero-order chi connectivity index (χ0) is 40.6. The number of allylic oxidation sites excluding steroid dienone is 2. The Kier molecular flexibility index (Phi) is 39.5. The van der Waals surface area contributed by atoms with Crippen LogP contribution in [0.1, 0.15) is 219 Å². The molecule has 1 unspecified atom stereocenters. The number of phosphoric acid groups is 1. The maximum absolute atomic E-state index is 12.7. The number of phosphoric ester groups is 1. The van der Waals surface area contributed by atoms with Crippen molar-refractivity contribution in [3.63, 3.8) is 0 Å². The third-order valence-electron chi connectivity index (χ3n) is 10.3. The predicted molar refractivity (Wildman–Crippen MR) is 231 cm³/mol. The van der Waals surface area contributed by atoms with E-state index in [0.29, 0.717) is 24.1 Å². The molecule has 0 saturated carbocycles. The Morgan fingerprint density at radius 1 is 0.545 bits per heavy atom. The van der Waals surface area contributed by atoms with Gasteiger partial charge in [-0.1, -0.05) is 187 Å². The second-order valence-corrected chi connectivity index (χ2v) is 18.5. The van der Waals surface area contributed by atoms with E-state index in [1.807, 2.05) is 21.1 Å². The van der Waals surface area contributed by atoms with E-state index in [-0.39, 0.29) is 25.8 Å². The van der Waals surface area contributed by atoms with Crippen molar-refractivity contribution in [3.8, 4) is 0 Å². The number of hydrogen-bond acceptors (Lipinski definition) is 7. The van der Waals surface area contributed by atoms with Gasteiger partial charge < -0.3 is 27.9 Å². The first-order valence-electron chi connectivity index (χ1n) is 23.4. The fourth-order valence-electron chi connectivity index (χ4n) is 6.66. The zero-order valence-electron chi connectivity index (χ0n) is 37.1. The fourth-order valence-corrected chi connectivity index (χ4v) is 7.39. The summed E-state index contributed by atoms with van der Waals surface area (Å²) in [7, 11) is 1.36. The highest BCUT2D eigenvalue weighted by Gasteiger charge is 2.20. The predicted octanol–water partition coefficient (Wildman–Crippen LogP) is 13.2. The summed E-state index contributed by atoms with van der Waals surface area (Å²) in [5.74, 6) is -0.331. The summed E-state index contributed by atoms with van der Waals surface area (Å²) in [5, 5.41) is 0. The van der Waals surface area contributed by atoms with Gasteiger partial charge in [0.25, 0.3) is 7.82 Å². The van der Waals surface area contributed by atoms with Gasteiger partial charge in [-0.2, -0.15) is 0 Å². The Morgan fingerprint density at radius 3 is 1.38 bits per heavy atom. The number of quaternary nitrogens is 1. The highest BCUT2D eigenvalue weighted by Crippen LogP contribution is 2.38. The number of likely N-dealkylation sites (N-methyl/N-ethyl adjacent to an activating group) is 1. The topological polar surface area (TPSA) is 94.1 Å². The van der Waals surface area contributed by atoms with Crippen molar-refractivity contribution in [2.24, 2.45) is 0 Å². The van der Waals surface area contributed by atoms with Crippen LogP contribution >= 0.6 is 7.82 Å². The Hall–Kier alpha value is -0.760. The normalized spacial score (nSPS) is 13.8. The molecule has 0 aliphatic carbocycles. The molecule has 328 valence electrons. The first-order valence-corrected chi connectivity index (χ1v) is 24.9. The van der Waals surface area contributed by atoms with Crippen molar-refractivity contribution < 1.29 is 37.3 Å². The molecule has 0 fully saturated rings. The second-order valence-electron chi connectivity index (χ2n) is 17.1. The van der Waals surface area contributed by atoms with Crippen LogP contribution in [0.25, 0.3) is 0 Å². The van der Waals surface area contributed by atoms with Gasteiger partial charge in [0.2, 0.25) is 0 Å². The summed E-state index contributed by atoms with van der Waals surface area (Å²) in [5.41, 5.74) is 0. The molecule has 0 N–H and O–H groups in total. The maximum Gasteiger partial charge on any atom is 0.306 e. The number of nitrogens with zero attached hydrogens (tertiary/aromatic N) is 1. The van der Waals surface area contributed by atoms with E-state index >= 15 is 0 Å². The zero-order valence-corrected chi connectivity index (χ0v) is 38.0. The SMILES string of the molecule is CCCCCCCC/C=C\CCCCCCCCOC[C@H](COP(=O)([O-])OCC[N+](C)(C)C)OC(=O)CCCCCCCCCCCCCCCCCCC. The number of carbonyl (C=O) groups is 1. The maximum atomic E-state index is 12.7. The van der Waals surface area contributed by atoms with E-state index in [1.165, 1.54) is 167 Å². The monoisotopic (exact) mass is 802 g/mol. The van der Waals surface area contributed by atoms with Crippen molar-refractivity contribution >= 4 is 13.8 Å². The molecule has 0 aliphatic rings. The lowest BCUT2D eigenvalue weighted by atomic mass is 10.0. The molecule has 0 rings (SSSR count). The highest BCUT2D eigenvalue weighted by atomic mass is 31.2. The summed E-state index contributed by atoms with van der Waals surface area (Å²) in [6.07, 6.45) is 43.6. The molecule has 0 radical (unpaired) electrons. The smallest absolute Gasteiger partial charge is 0.306 e. The van der Waals surface area contributed by atoms with Gasteiger partial charge in [0.15, 0.2) is 0 Å². The number of ether oxygens (including phenoxy) is 2. The van der Waals surface area contributed by atoms with Crippen LogP contribution in [-0.2, 0) is 27.9 Å². The molecule has 55 heavy (non-hydrogen) atoms. The summed E-state index contributed by atoms with van der Waals surface area (Å²) in [6, 6.07) is 0. The van der Waals surface area contributed by atoms with Crippen LogP contribution in [0, 0.1) is 0 Å². The standard InChI is InChI=1S/C46H92NO7P/c1-6-8-10-12-14-16-18-20-22-24-25-27-29-31-33-35-37-39-46(48)54-45(44-53-55(49,50)52-42-40-47(3,4)5)43-51-41-38-36-34-32-30-28-26-23-21-19-17-15-13-11-9-7-2/h21,23,45H,6-20,22,24-44H2,1-5H3/b23-21-/t45-/m1/s1. The van der Waals surface area contributed by atoms with Crippen molar-refractivity contribution in [3.05, 3.63) is 12.2 Å². The summed E-state index contributed by atoms with van der Waals surface area (Å²) >= 11 is 0. The third kappa shape index (κ3) is 44.2. The average molecular weight is 802 g/mol. The summed E-state index contributed by atoms with van der Waals surface area (Å²) in [6.45, 7) is 5.44. The largest absolute Gasteiger partial charge is 0.756 e. The van der Waals surface area contributed by atoms with E-state index in [9.17, 15) is 14.3 Å². The minimum absolute atomic E-state index is 0.0283. The highest BCUT2D eigenvalue weighted by molar-refractivity contribution is 7.45. The number of unbranched alkanes of at least 4 members (excludes halogenated alkanes) is 28. The lowest BCUT2D eigenvalue weighted by molar-refractivity contribution is -0.870. The molecular weight excluding hydrogens is 709 g/mol.